The summed E-state index contributed by atoms with van der Waals surface area (Å²) in [6, 6.07) is 11.5. The van der Waals surface area contributed by atoms with Crippen LogP contribution in [0, 0.1) is 0 Å². The van der Waals surface area contributed by atoms with Gasteiger partial charge in [0, 0.05) is 24.7 Å². The van der Waals surface area contributed by atoms with Gasteiger partial charge >= 0.3 is 0 Å². The Balaban J connectivity index is 2.27. The zero-order valence-electron chi connectivity index (χ0n) is 12.8. The van der Waals surface area contributed by atoms with Crippen LogP contribution in [0.1, 0.15) is 23.1 Å². The van der Waals surface area contributed by atoms with Crippen molar-refractivity contribution in [3.05, 3.63) is 53.9 Å². The highest BCUT2D eigenvalue weighted by Crippen LogP contribution is 2.18. The number of benzene rings is 1. The summed E-state index contributed by atoms with van der Waals surface area (Å²) in [5.41, 5.74) is 1.84. The van der Waals surface area contributed by atoms with Crippen LogP contribution in [0.5, 0.6) is 0 Å². The molecule has 0 radical (unpaired) electrons. The summed E-state index contributed by atoms with van der Waals surface area (Å²) in [6.45, 7) is 1.98. The average molecular weight is 318 g/mol. The number of anilines is 1. The van der Waals surface area contributed by atoms with Gasteiger partial charge in [-0.1, -0.05) is 13.0 Å². The SMILES string of the molecule is CCc1cccc(C(=O)N(C)c2ccc(S(C)(=O)=O)cc2)n1. The summed E-state index contributed by atoms with van der Waals surface area (Å²) in [7, 11) is -1.61. The van der Waals surface area contributed by atoms with Crippen LogP contribution in [0.2, 0.25) is 0 Å². The minimum atomic E-state index is -3.24. The molecule has 1 heterocycles. The molecule has 1 aromatic heterocycles. The van der Waals surface area contributed by atoms with Crippen LogP contribution in [-0.4, -0.2) is 32.6 Å². The van der Waals surface area contributed by atoms with Gasteiger partial charge in [0.25, 0.3) is 5.91 Å². The molecule has 1 amide bonds. The molecular weight excluding hydrogens is 300 g/mol. The van der Waals surface area contributed by atoms with E-state index in [0.29, 0.717) is 11.4 Å². The fourth-order valence-electron chi connectivity index (χ4n) is 2.00. The summed E-state index contributed by atoms with van der Waals surface area (Å²) < 4.78 is 22.9. The molecule has 22 heavy (non-hydrogen) atoms. The molecule has 0 aliphatic rings. The second kappa shape index (κ2) is 6.27. The molecule has 2 aromatic rings. The Bertz CT molecular complexity index is 783. The third-order valence-corrected chi connectivity index (χ3v) is 4.47. The summed E-state index contributed by atoms with van der Waals surface area (Å²) in [5.74, 6) is -0.234. The molecule has 0 spiro atoms. The number of rotatable bonds is 4. The van der Waals surface area contributed by atoms with Crippen molar-refractivity contribution in [3.8, 4) is 0 Å². The number of amides is 1. The third-order valence-electron chi connectivity index (χ3n) is 3.34. The summed E-state index contributed by atoms with van der Waals surface area (Å²) in [6.07, 6.45) is 1.91. The van der Waals surface area contributed by atoms with Crippen molar-refractivity contribution >= 4 is 21.4 Å². The predicted molar refractivity (Wildman–Crippen MR) is 85.9 cm³/mol. The Hall–Kier alpha value is -2.21. The van der Waals surface area contributed by atoms with Crippen LogP contribution in [-0.2, 0) is 16.3 Å². The molecule has 0 saturated heterocycles. The number of hydrogen-bond acceptors (Lipinski definition) is 4. The Morgan fingerprint density at radius 3 is 2.32 bits per heavy atom. The molecule has 5 nitrogen and oxygen atoms in total. The molecular formula is C16H18N2O3S. The summed E-state index contributed by atoms with van der Waals surface area (Å²) in [5, 5.41) is 0. The lowest BCUT2D eigenvalue weighted by Crippen LogP contribution is -2.27. The molecule has 1 aromatic carbocycles. The van der Waals surface area contributed by atoms with Crippen LogP contribution in [0.4, 0.5) is 5.69 Å². The van der Waals surface area contributed by atoms with Crippen molar-refractivity contribution in [3.63, 3.8) is 0 Å². The van der Waals surface area contributed by atoms with Gasteiger partial charge in [-0.25, -0.2) is 13.4 Å². The van der Waals surface area contributed by atoms with Gasteiger partial charge in [0.15, 0.2) is 9.84 Å². The maximum atomic E-state index is 12.4. The first kappa shape index (κ1) is 16.2. The van der Waals surface area contributed by atoms with Crippen LogP contribution in [0.25, 0.3) is 0 Å². The zero-order chi connectivity index (χ0) is 16.3. The van der Waals surface area contributed by atoms with E-state index in [1.54, 1.807) is 31.3 Å². The zero-order valence-corrected chi connectivity index (χ0v) is 13.6. The number of aromatic nitrogens is 1. The second-order valence-electron chi connectivity index (χ2n) is 5.00. The lowest BCUT2D eigenvalue weighted by atomic mass is 10.2. The van der Waals surface area contributed by atoms with E-state index in [1.165, 1.54) is 17.0 Å². The number of nitrogens with zero attached hydrogens (tertiary/aromatic N) is 2. The first-order chi connectivity index (χ1) is 10.3. The average Bonchev–Trinajstić information content (AvgIpc) is 2.53. The minimum absolute atomic E-state index is 0.225. The van der Waals surface area contributed by atoms with Gasteiger partial charge in [-0.3, -0.25) is 4.79 Å². The van der Waals surface area contributed by atoms with Gasteiger partial charge < -0.3 is 4.90 Å². The quantitative estimate of drug-likeness (QED) is 0.867. The molecule has 0 unspecified atom stereocenters. The predicted octanol–water partition coefficient (Wildman–Crippen LogP) is 2.32. The number of sulfone groups is 1. The van der Waals surface area contributed by atoms with E-state index >= 15 is 0 Å². The molecule has 6 heteroatoms. The van der Waals surface area contributed by atoms with E-state index in [1.807, 2.05) is 13.0 Å². The lowest BCUT2D eigenvalue weighted by Gasteiger charge is -2.17. The van der Waals surface area contributed by atoms with Crippen molar-refractivity contribution in [1.29, 1.82) is 0 Å². The first-order valence-corrected chi connectivity index (χ1v) is 8.76. The molecule has 116 valence electrons. The highest BCUT2D eigenvalue weighted by molar-refractivity contribution is 7.90. The molecule has 0 fully saturated rings. The van der Waals surface area contributed by atoms with E-state index < -0.39 is 9.84 Å². The summed E-state index contributed by atoms with van der Waals surface area (Å²) >= 11 is 0. The molecule has 0 saturated carbocycles. The Morgan fingerprint density at radius 1 is 1.14 bits per heavy atom. The molecule has 0 aliphatic heterocycles. The van der Waals surface area contributed by atoms with E-state index in [0.717, 1.165) is 18.4 Å². The number of hydrogen-bond donors (Lipinski definition) is 0. The van der Waals surface area contributed by atoms with E-state index in [4.69, 9.17) is 0 Å². The van der Waals surface area contributed by atoms with Gasteiger partial charge in [0.1, 0.15) is 5.69 Å². The Labute approximate surface area is 130 Å². The van der Waals surface area contributed by atoms with Crippen LogP contribution >= 0.6 is 0 Å². The lowest BCUT2D eigenvalue weighted by molar-refractivity contribution is 0.0988. The van der Waals surface area contributed by atoms with E-state index in [9.17, 15) is 13.2 Å². The van der Waals surface area contributed by atoms with Crippen molar-refractivity contribution in [2.75, 3.05) is 18.2 Å². The van der Waals surface area contributed by atoms with Gasteiger partial charge in [0.2, 0.25) is 0 Å². The standard InChI is InChI=1S/C16H18N2O3S/c1-4-12-6-5-7-15(17-12)16(19)18(2)13-8-10-14(11-9-13)22(3,20)21/h5-11H,4H2,1-3H3. The largest absolute Gasteiger partial charge is 0.310 e. The molecule has 2 rings (SSSR count). The highest BCUT2D eigenvalue weighted by Gasteiger charge is 2.16. The van der Waals surface area contributed by atoms with Crippen LogP contribution < -0.4 is 4.90 Å². The van der Waals surface area contributed by atoms with Crippen molar-refractivity contribution in [1.82, 2.24) is 4.98 Å². The highest BCUT2D eigenvalue weighted by atomic mass is 32.2. The van der Waals surface area contributed by atoms with Crippen molar-refractivity contribution in [2.24, 2.45) is 0 Å². The van der Waals surface area contributed by atoms with Gasteiger partial charge in [-0.15, -0.1) is 0 Å². The topological polar surface area (TPSA) is 67.3 Å². The summed E-state index contributed by atoms with van der Waals surface area (Å²) in [4.78, 5) is 18.4. The maximum absolute atomic E-state index is 12.4. The fraction of sp³-hybridized carbons (Fsp3) is 0.250. The second-order valence-corrected chi connectivity index (χ2v) is 7.01. The van der Waals surface area contributed by atoms with E-state index in [2.05, 4.69) is 4.98 Å². The number of aryl methyl sites for hydroxylation is 1. The Kier molecular flexibility index (Phi) is 4.61. The minimum Gasteiger partial charge on any atom is -0.310 e. The Morgan fingerprint density at radius 2 is 1.77 bits per heavy atom. The monoisotopic (exact) mass is 318 g/mol. The number of carbonyl (C=O) groups excluding carboxylic acids is 1. The molecule has 0 N–H and O–H groups in total. The maximum Gasteiger partial charge on any atom is 0.276 e. The van der Waals surface area contributed by atoms with Crippen molar-refractivity contribution < 1.29 is 13.2 Å². The van der Waals surface area contributed by atoms with Gasteiger partial charge in [0.05, 0.1) is 4.90 Å². The smallest absolute Gasteiger partial charge is 0.276 e. The van der Waals surface area contributed by atoms with Crippen LogP contribution in [0.3, 0.4) is 0 Å². The molecule has 0 atom stereocenters. The van der Waals surface area contributed by atoms with Crippen molar-refractivity contribution in [2.45, 2.75) is 18.2 Å². The third kappa shape index (κ3) is 3.51. The van der Waals surface area contributed by atoms with Gasteiger partial charge in [-0.2, -0.15) is 0 Å². The van der Waals surface area contributed by atoms with Crippen LogP contribution in [0.15, 0.2) is 47.4 Å². The normalized spacial score (nSPS) is 11.2. The van der Waals surface area contributed by atoms with Gasteiger partial charge in [-0.05, 0) is 42.8 Å². The van der Waals surface area contributed by atoms with E-state index in [-0.39, 0.29) is 10.8 Å². The number of carbonyl (C=O) groups is 1. The molecule has 0 bridgehead atoms. The fourth-order valence-corrected chi connectivity index (χ4v) is 2.63. The first-order valence-electron chi connectivity index (χ1n) is 6.87. The molecule has 0 aliphatic carbocycles. The number of pyridine rings is 1.